The molecule has 0 spiro atoms. The van der Waals surface area contributed by atoms with Gasteiger partial charge in [-0.25, -0.2) is 4.39 Å². The van der Waals surface area contributed by atoms with Gasteiger partial charge >= 0.3 is 0 Å². The SMILES string of the molecule is CCc1noc(C)c1C(=O)N1CCCCC1C(=O)Nc1ccc(Oc2ccccc2F)cc1. The van der Waals surface area contributed by atoms with Gasteiger partial charge in [-0.3, -0.25) is 9.59 Å². The summed E-state index contributed by atoms with van der Waals surface area (Å²) < 4.78 is 24.6. The Balaban J connectivity index is 1.45. The largest absolute Gasteiger partial charge is 0.454 e. The lowest BCUT2D eigenvalue weighted by Crippen LogP contribution is -2.50. The molecule has 0 aliphatic carbocycles. The van der Waals surface area contributed by atoms with E-state index in [1.807, 2.05) is 6.92 Å². The highest BCUT2D eigenvalue weighted by molar-refractivity contribution is 6.02. The first-order valence-electron chi connectivity index (χ1n) is 11.1. The number of para-hydroxylation sites is 1. The minimum Gasteiger partial charge on any atom is -0.454 e. The van der Waals surface area contributed by atoms with Crippen LogP contribution in [0.4, 0.5) is 10.1 Å². The van der Waals surface area contributed by atoms with Crippen LogP contribution in [0, 0.1) is 12.7 Å². The van der Waals surface area contributed by atoms with E-state index in [4.69, 9.17) is 9.26 Å². The minimum absolute atomic E-state index is 0.126. The van der Waals surface area contributed by atoms with Gasteiger partial charge < -0.3 is 19.5 Å². The smallest absolute Gasteiger partial charge is 0.260 e. The lowest BCUT2D eigenvalue weighted by molar-refractivity contribution is -0.121. The number of aromatic nitrogens is 1. The van der Waals surface area contributed by atoms with Crippen LogP contribution in [0.15, 0.2) is 53.1 Å². The number of ether oxygens (including phenoxy) is 1. The lowest BCUT2D eigenvalue weighted by atomic mass is 9.99. The van der Waals surface area contributed by atoms with Gasteiger partial charge in [0.25, 0.3) is 5.91 Å². The van der Waals surface area contributed by atoms with Crippen LogP contribution in [-0.2, 0) is 11.2 Å². The molecule has 8 heteroatoms. The van der Waals surface area contributed by atoms with Gasteiger partial charge in [-0.2, -0.15) is 0 Å². The summed E-state index contributed by atoms with van der Waals surface area (Å²) in [5, 5.41) is 6.86. The Morgan fingerprint density at radius 1 is 1.18 bits per heavy atom. The molecule has 0 radical (unpaired) electrons. The Morgan fingerprint density at radius 2 is 1.94 bits per heavy atom. The molecule has 2 heterocycles. The van der Waals surface area contributed by atoms with Crippen LogP contribution < -0.4 is 10.1 Å². The zero-order valence-electron chi connectivity index (χ0n) is 18.6. The third-order valence-corrected chi connectivity index (χ3v) is 5.73. The molecule has 1 fully saturated rings. The van der Waals surface area contributed by atoms with Crippen molar-refractivity contribution in [1.29, 1.82) is 0 Å². The van der Waals surface area contributed by atoms with Crippen LogP contribution in [0.2, 0.25) is 0 Å². The Bertz CT molecular complexity index is 1140. The van der Waals surface area contributed by atoms with E-state index in [2.05, 4.69) is 10.5 Å². The zero-order valence-corrected chi connectivity index (χ0v) is 18.6. The molecule has 7 nitrogen and oxygen atoms in total. The summed E-state index contributed by atoms with van der Waals surface area (Å²) in [5.41, 5.74) is 1.62. The van der Waals surface area contributed by atoms with Crippen LogP contribution in [0.5, 0.6) is 11.5 Å². The Labute approximate surface area is 191 Å². The number of carbonyl (C=O) groups is 2. The van der Waals surface area contributed by atoms with Crippen molar-refractivity contribution in [2.24, 2.45) is 0 Å². The third kappa shape index (κ3) is 4.89. The first kappa shape index (κ1) is 22.5. The number of amides is 2. The first-order chi connectivity index (χ1) is 16.0. The van der Waals surface area contributed by atoms with Gasteiger partial charge in [-0.15, -0.1) is 0 Å². The van der Waals surface area contributed by atoms with E-state index in [-0.39, 0.29) is 17.6 Å². The summed E-state index contributed by atoms with van der Waals surface area (Å²) in [4.78, 5) is 28.0. The normalized spacial score (nSPS) is 15.8. The predicted octanol–water partition coefficient (Wildman–Crippen LogP) is 5.11. The van der Waals surface area contributed by atoms with Crippen molar-refractivity contribution in [3.8, 4) is 11.5 Å². The van der Waals surface area contributed by atoms with Crippen molar-refractivity contribution >= 4 is 17.5 Å². The van der Waals surface area contributed by atoms with Gasteiger partial charge in [0.15, 0.2) is 11.6 Å². The third-order valence-electron chi connectivity index (χ3n) is 5.73. The minimum atomic E-state index is -0.584. The molecule has 4 rings (SSSR count). The standard InChI is InChI=1S/C25H26FN3O4/c1-3-20-23(16(2)33-28-20)25(31)29-15-7-6-9-21(29)24(30)27-17-11-13-18(14-12-17)32-22-10-5-4-8-19(22)26/h4-5,8,10-14,21H,3,6-7,9,15H2,1-2H3,(H,27,30). The zero-order chi connectivity index (χ0) is 23.4. The van der Waals surface area contributed by atoms with Crippen LogP contribution in [0.1, 0.15) is 48.0 Å². The van der Waals surface area contributed by atoms with Crippen LogP contribution in [0.25, 0.3) is 0 Å². The molecular formula is C25H26FN3O4. The van der Waals surface area contributed by atoms with Crippen LogP contribution in [-0.4, -0.2) is 34.5 Å². The molecule has 1 N–H and O–H groups in total. The molecule has 1 atom stereocenters. The molecule has 1 aliphatic rings. The maximum Gasteiger partial charge on any atom is 0.260 e. The Morgan fingerprint density at radius 3 is 2.67 bits per heavy atom. The predicted molar refractivity (Wildman–Crippen MR) is 121 cm³/mol. The number of likely N-dealkylation sites (tertiary alicyclic amines) is 1. The van der Waals surface area contributed by atoms with E-state index in [1.54, 1.807) is 54.3 Å². The number of halogens is 1. The fourth-order valence-electron chi connectivity index (χ4n) is 4.01. The fraction of sp³-hybridized carbons (Fsp3) is 0.320. The van der Waals surface area contributed by atoms with Gasteiger partial charge in [0, 0.05) is 12.2 Å². The average molecular weight is 451 g/mol. The molecule has 2 amide bonds. The van der Waals surface area contributed by atoms with Gasteiger partial charge in [-0.05, 0) is 69.0 Å². The first-order valence-corrected chi connectivity index (χ1v) is 11.1. The second kappa shape index (κ2) is 9.85. The number of anilines is 1. The fourth-order valence-corrected chi connectivity index (χ4v) is 4.01. The van der Waals surface area contributed by atoms with Crippen molar-refractivity contribution in [2.75, 3.05) is 11.9 Å². The van der Waals surface area contributed by atoms with E-state index in [9.17, 15) is 14.0 Å². The van der Waals surface area contributed by atoms with E-state index in [0.29, 0.717) is 47.8 Å². The Hall–Kier alpha value is -3.68. The molecule has 1 aliphatic heterocycles. The number of rotatable bonds is 6. The van der Waals surface area contributed by atoms with Crippen molar-refractivity contribution < 1.29 is 23.2 Å². The van der Waals surface area contributed by atoms with Gasteiger partial charge in [-0.1, -0.05) is 24.2 Å². The highest BCUT2D eigenvalue weighted by atomic mass is 19.1. The number of nitrogens with one attached hydrogen (secondary N) is 1. The molecule has 0 saturated carbocycles. The molecule has 0 bridgehead atoms. The quantitative estimate of drug-likeness (QED) is 0.563. The van der Waals surface area contributed by atoms with Crippen molar-refractivity contribution in [1.82, 2.24) is 10.1 Å². The summed E-state index contributed by atoms with van der Waals surface area (Å²) in [5.74, 6) is 0.110. The molecular weight excluding hydrogens is 425 g/mol. The van der Waals surface area contributed by atoms with E-state index >= 15 is 0 Å². The molecule has 33 heavy (non-hydrogen) atoms. The van der Waals surface area contributed by atoms with Gasteiger partial charge in [0.05, 0.1) is 5.69 Å². The highest BCUT2D eigenvalue weighted by Gasteiger charge is 2.35. The lowest BCUT2D eigenvalue weighted by Gasteiger charge is -2.34. The molecule has 2 aromatic carbocycles. The number of hydrogen-bond donors (Lipinski definition) is 1. The number of aryl methyl sites for hydroxylation is 2. The summed E-state index contributed by atoms with van der Waals surface area (Å²) in [6.07, 6.45) is 2.85. The number of benzene rings is 2. The van der Waals surface area contributed by atoms with Gasteiger partial charge in [0.2, 0.25) is 5.91 Å². The van der Waals surface area contributed by atoms with Crippen molar-refractivity contribution in [3.63, 3.8) is 0 Å². The summed E-state index contributed by atoms with van der Waals surface area (Å²) >= 11 is 0. The second-order valence-electron chi connectivity index (χ2n) is 7.97. The summed E-state index contributed by atoms with van der Waals surface area (Å²) in [6, 6.07) is 12.2. The molecule has 1 aromatic heterocycles. The maximum absolute atomic E-state index is 13.8. The number of hydrogen-bond acceptors (Lipinski definition) is 5. The Kier molecular flexibility index (Phi) is 6.72. The number of nitrogens with zero attached hydrogens (tertiary/aromatic N) is 2. The van der Waals surface area contributed by atoms with E-state index < -0.39 is 11.9 Å². The molecule has 1 saturated heterocycles. The summed E-state index contributed by atoms with van der Waals surface area (Å²) in [7, 11) is 0. The maximum atomic E-state index is 13.8. The van der Waals surface area contributed by atoms with E-state index in [1.165, 1.54) is 6.07 Å². The average Bonchev–Trinajstić information content (AvgIpc) is 3.21. The topological polar surface area (TPSA) is 84.7 Å². The van der Waals surface area contributed by atoms with Crippen molar-refractivity contribution in [3.05, 3.63) is 71.4 Å². The molecule has 3 aromatic rings. The van der Waals surface area contributed by atoms with Crippen molar-refractivity contribution in [2.45, 2.75) is 45.6 Å². The molecule has 1 unspecified atom stereocenters. The summed E-state index contributed by atoms with van der Waals surface area (Å²) in [6.45, 7) is 4.12. The second-order valence-corrected chi connectivity index (χ2v) is 7.97. The van der Waals surface area contributed by atoms with Gasteiger partial charge in [0.1, 0.15) is 23.1 Å². The number of piperidine rings is 1. The number of carbonyl (C=O) groups excluding carboxylic acids is 2. The van der Waals surface area contributed by atoms with Crippen LogP contribution >= 0.6 is 0 Å². The molecule has 172 valence electrons. The van der Waals surface area contributed by atoms with E-state index in [0.717, 1.165) is 12.8 Å². The van der Waals surface area contributed by atoms with Crippen LogP contribution in [0.3, 0.4) is 0 Å². The monoisotopic (exact) mass is 451 g/mol. The highest BCUT2D eigenvalue weighted by Crippen LogP contribution is 2.27.